The van der Waals surface area contributed by atoms with Crippen LogP contribution in [0.25, 0.3) is 0 Å². The van der Waals surface area contributed by atoms with Gasteiger partial charge < -0.3 is 35.4 Å². The highest BCUT2D eigenvalue weighted by atomic mass is 16.6. The maximum Gasteiger partial charge on any atom is 0.333 e. The molecule has 0 radical (unpaired) electrons. The Labute approximate surface area is 173 Å². The molecule has 1 aliphatic heterocycles. The molecule has 1 aromatic rings. The number of amides is 2. The standard InChI is InChI=1S/C19H27N3O8/c1-19(18(27)28,13-3-2-4-14(9-13)30-12-23)21-16(25)10-15(24)20-17(26)11-22-5-7-29-8-6-22/h2-4,9,15,23-24H,5-8,10-12H2,1H3,(H,20,26)(H,21,25)(H,27,28)/t15-,19-/m0/s1. The molecule has 0 aliphatic carbocycles. The smallest absolute Gasteiger partial charge is 0.333 e. The van der Waals surface area contributed by atoms with E-state index in [9.17, 15) is 24.6 Å². The summed E-state index contributed by atoms with van der Waals surface area (Å²) in [7, 11) is 0. The monoisotopic (exact) mass is 425 g/mol. The molecular formula is C19H27N3O8. The Morgan fingerprint density at radius 2 is 1.97 bits per heavy atom. The topological polar surface area (TPSA) is 158 Å². The van der Waals surface area contributed by atoms with Gasteiger partial charge in [-0.2, -0.15) is 0 Å². The number of nitrogens with one attached hydrogen (secondary N) is 2. The van der Waals surface area contributed by atoms with Crippen molar-refractivity contribution >= 4 is 17.8 Å². The zero-order chi connectivity index (χ0) is 22.1. The third kappa shape index (κ3) is 6.66. The summed E-state index contributed by atoms with van der Waals surface area (Å²) < 4.78 is 10.1. The number of ether oxygens (including phenoxy) is 2. The summed E-state index contributed by atoms with van der Waals surface area (Å²) in [5.74, 6) is -2.32. The fourth-order valence-electron chi connectivity index (χ4n) is 2.97. The lowest BCUT2D eigenvalue weighted by atomic mass is 9.91. The number of aliphatic carboxylic acids is 1. The first kappa shape index (κ1) is 23.5. The van der Waals surface area contributed by atoms with Crippen molar-refractivity contribution in [3.8, 4) is 5.75 Å². The average Bonchev–Trinajstić information content (AvgIpc) is 2.68. The Balaban J connectivity index is 1.94. The Hall–Kier alpha value is -2.73. The van der Waals surface area contributed by atoms with Gasteiger partial charge in [0.15, 0.2) is 12.3 Å². The van der Waals surface area contributed by atoms with E-state index in [1.807, 2.05) is 4.90 Å². The number of carbonyl (C=O) groups is 3. The van der Waals surface area contributed by atoms with Crippen LogP contribution >= 0.6 is 0 Å². The van der Waals surface area contributed by atoms with E-state index >= 15 is 0 Å². The van der Waals surface area contributed by atoms with Crippen molar-refractivity contribution in [2.75, 3.05) is 39.6 Å². The fraction of sp³-hybridized carbons (Fsp3) is 0.526. The van der Waals surface area contributed by atoms with Crippen LogP contribution in [0, 0.1) is 0 Å². The third-order valence-electron chi connectivity index (χ3n) is 4.64. The lowest BCUT2D eigenvalue weighted by molar-refractivity contribution is -0.148. The van der Waals surface area contributed by atoms with Gasteiger partial charge in [-0.1, -0.05) is 12.1 Å². The highest BCUT2D eigenvalue weighted by Crippen LogP contribution is 2.25. The minimum Gasteiger partial charge on any atom is -0.479 e. The molecule has 1 fully saturated rings. The normalized spacial score (nSPS) is 17.4. The highest BCUT2D eigenvalue weighted by Gasteiger charge is 2.37. The van der Waals surface area contributed by atoms with Crippen LogP contribution in [0.15, 0.2) is 24.3 Å². The molecule has 166 valence electrons. The van der Waals surface area contributed by atoms with Gasteiger partial charge in [-0.25, -0.2) is 4.79 Å². The van der Waals surface area contributed by atoms with Gasteiger partial charge in [-0.15, -0.1) is 0 Å². The van der Waals surface area contributed by atoms with Gasteiger partial charge in [0.2, 0.25) is 11.8 Å². The van der Waals surface area contributed by atoms with Crippen LogP contribution < -0.4 is 15.4 Å². The van der Waals surface area contributed by atoms with Gasteiger partial charge in [-0.05, 0) is 24.6 Å². The lowest BCUT2D eigenvalue weighted by Gasteiger charge is -2.28. The first-order valence-corrected chi connectivity index (χ1v) is 9.40. The number of aliphatic hydroxyl groups excluding tert-OH is 2. The predicted octanol–water partition coefficient (Wildman–Crippen LogP) is -1.41. The van der Waals surface area contributed by atoms with E-state index in [1.165, 1.54) is 31.2 Å². The van der Waals surface area contributed by atoms with Crippen molar-refractivity contribution in [3.63, 3.8) is 0 Å². The molecule has 0 bridgehead atoms. The second-order valence-electron chi connectivity index (χ2n) is 6.96. The number of nitrogens with zero attached hydrogens (tertiary/aromatic N) is 1. The molecule has 0 spiro atoms. The van der Waals surface area contributed by atoms with Gasteiger partial charge >= 0.3 is 5.97 Å². The van der Waals surface area contributed by atoms with Crippen LogP contribution in [-0.4, -0.2) is 83.9 Å². The molecule has 0 saturated carbocycles. The highest BCUT2D eigenvalue weighted by molar-refractivity contribution is 5.88. The predicted molar refractivity (Wildman–Crippen MR) is 103 cm³/mol. The number of rotatable bonds is 10. The largest absolute Gasteiger partial charge is 0.479 e. The summed E-state index contributed by atoms with van der Waals surface area (Å²) in [5, 5.41) is 33.2. The van der Waals surface area contributed by atoms with Gasteiger partial charge in [0.05, 0.1) is 26.2 Å². The van der Waals surface area contributed by atoms with Crippen LogP contribution in [0.1, 0.15) is 18.9 Å². The summed E-state index contributed by atoms with van der Waals surface area (Å²) in [5.41, 5.74) is -1.61. The minimum absolute atomic E-state index is 0.0620. The minimum atomic E-state index is -1.82. The van der Waals surface area contributed by atoms with E-state index in [-0.39, 0.29) is 17.9 Å². The maximum absolute atomic E-state index is 12.3. The number of morpholine rings is 1. The molecule has 11 heteroatoms. The van der Waals surface area contributed by atoms with E-state index in [2.05, 4.69) is 10.6 Å². The molecule has 1 aliphatic rings. The molecule has 30 heavy (non-hydrogen) atoms. The van der Waals surface area contributed by atoms with Crippen molar-refractivity contribution in [3.05, 3.63) is 29.8 Å². The molecule has 2 rings (SSSR count). The van der Waals surface area contributed by atoms with Gasteiger partial charge in [0.25, 0.3) is 0 Å². The second-order valence-corrected chi connectivity index (χ2v) is 6.96. The van der Waals surface area contributed by atoms with E-state index in [4.69, 9.17) is 14.6 Å². The lowest BCUT2D eigenvalue weighted by Crippen LogP contribution is -2.52. The van der Waals surface area contributed by atoms with Crippen molar-refractivity contribution in [2.24, 2.45) is 0 Å². The number of carboxylic acid groups (broad SMARTS) is 1. The number of hydrogen-bond acceptors (Lipinski definition) is 8. The van der Waals surface area contributed by atoms with Gasteiger partial charge in [0.1, 0.15) is 12.0 Å². The number of benzene rings is 1. The first-order valence-electron chi connectivity index (χ1n) is 9.40. The van der Waals surface area contributed by atoms with Crippen LogP contribution in [0.3, 0.4) is 0 Å². The third-order valence-corrected chi connectivity index (χ3v) is 4.64. The fourth-order valence-corrected chi connectivity index (χ4v) is 2.97. The molecule has 11 nitrogen and oxygen atoms in total. The Bertz CT molecular complexity index is 753. The quantitative estimate of drug-likeness (QED) is 0.284. The number of carboxylic acids is 1. The SMILES string of the molecule is C[C@@](NC(=O)C[C@H](O)NC(=O)CN1CCOCC1)(C(=O)O)c1cccc(OCO)c1. The number of carbonyl (C=O) groups excluding carboxylic acids is 2. The van der Waals surface area contributed by atoms with E-state index in [1.54, 1.807) is 0 Å². The van der Waals surface area contributed by atoms with Crippen LogP contribution in [0.5, 0.6) is 5.75 Å². The Morgan fingerprint density at radius 1 is 1.27 bits per heavy atom. The van der Waals surface area contributed by atoms with Gasteiger partial charge in [-0.3, -0.25) is 14.5 Å². The summed E-state index contributed by atoms with van der Waals surface area (Å²) in [6.07, 6.45) is -1.99. The van der Waals surface area contributed by atoms with E-state index in [0.29, 0.717) is 26.3 Å². The van der Waals surface area contributed by atoms with Crippen molar-refractivity contribution in [2.45, 2.75) is 25.1 Å². The molecule has 2 atom stereocenters. The number of aliphatic hydroxyl groups is 2. The average molecular weight is 425 g/mol. The molecule has 0 unspecified atom stereocenters. The van der Waals surface area contributed by atoms with Crippen molar-refractivity contribution < 1.29 is 39.2 Å². The molecule has 5 N–H and O–H groups in total. The Morgan fingerprint density at radius 3 is 2.60 bits per heavy atom. The van der Waals surface area contributed by atoms with E-state index in [0.717, 1.165) is 0 Å². The molecule has 1 aromatic carbocycles. The van der Waals surface area contributed by atoms with Crippen molar-refractivity contribution in [1.29, 1.82) is 0 Å². The Kier molecular flexibility index (Phi) is 8.54. The molecular weight excluding hydrogens is 398 g/mol. The van der Waals surface area contributed by atoms with E-state index < -0.39 is 42.8 Å². The number of hydrogen-bond donors (Lipinski definition) is 5. The maximum atomic E-state index is 12.3. The molecule has 0 aromatic heterocycles. The summed E-state index contributed by atoms with van der Waals surface area (Å²) >= 11 is 0. The zero-order valence-electron chi connectivity index (χ0n) is 16.7. The van der Waals surface area contributed by atoms with Crippen molar-refractivity contribution in [1.82, 2.24) is 15.5 Å². The first-order chi connectivity index (χ1) is 14.2. The van der Waals surface area contributed by atoms with Gasteiger partial charge in [0, 0.05) is 13.1 Å². The van der Waals surface area contributed by atoms with Crippen LogP contribution in [0.4, 0.5) is 0 Å². The summed E-state index contributed by atoms with van der Waals surface area (Å²) in [6, 6.07) is 5.91. The second kappa shape index (κ2) is 10.9. The molecule has 1 saturated heterocycles. The zero-order valence-corrected chi connectivity index (χ0v) is 16.7. The summed E-state index contributed by atoms with van der Waals surface area (Å²) in [4.78, 5) is 38.1. The van der Waals surface area contributed by atoms with Crippen LogP contribution in [0.2, 0.25) is 0 Å². The molecule has 1 heterocycles. The summed E-state index contributed by atoms with van der Waals surface area (Å²) in [6.45, 7) is 3.00. The molecule has 2 amide bonds. The van der Waals surface area contributed by atoms with Crippen LogP contribution in [-0.2, 0) is 24.7 Å².